The molecule has 0 atom stereocenters. The van der Waals surface area contributed by atoms with Gasteiger partial charge in [0.2, 0.25) is 0 Å². The van der Waals surface area contributed by atoms with Crippen LogP contribution in [0, 0.1) is 0 Å². The highest BCUT2D eigenvalue weighted by molar-refractivity contribution is 6.12. The lowest BCUT2D eigenvalue weighted by atomic mass is 9.95. The number of fused-ring (bicyclic) bond motifs is 3. The predicted octanol–water partition coefficient (Wildman–Crippen LogP) is 4.47. The first-order valence-corrected chi connectivity index (χ1v) is 7.93. The van der Waals surface area contributed by atoms with Gasteiger partial charge in [-0.25, -0.2) is 4.98 Å². The molecule has 1 aliphatic rings. The number of aromatic nitrogens is 2. The summed E-state index contributed by atoms with van der Waals surface area (Å²) < 4.78 is 2.19. The third-order valence-corrected chi connectivity index (χ3v) is 4.75. The molecular formula is C18H21N3. The Labute approximate surface area is 125 Å². The number of nitrogens with one attached hydrogen (secondary N) is 1. The molecule has 2 heterocycles. The van der Waals surface area contributed by atoms with E-state index in [1.54, 1.807) is 0 Å². The summed E-state index contributed by atoms with van der Waals surface area (Å²) in [6.07, 6.45) is 8.58. The van der Waals surface area contributed by atoms with Crippen LogP contribution in [0.4, 0.5) is 5.69 Å². The number of hydrogen-bond donors (Lipinski definition) is 1. The van der Waals surface area contributed by atoms with Crippen molar-refractivity contribution in [3.05, 3.63) is 36.5 Å². The van der Waals surface area contributed by atoms with Gasteiger partial charge in [0, 0.05) is 35.7 Å². The van der Waals surface area contributed by atoms with Crippen LogP contribution in [0.5, 0.6) is 0 Å². The second kappa shape index (κ2) is 5.06. The van der Waals surface area contributed by atoms with Gasteiger partial charge in [0.1, 0.15) is 5.65 Å². The predicted molar refractivity (Wildman–Crippen MR) is 88.7 cm³/mol. The van der Waals surface area contributed by atoms with Crippen LogP contribution in [0.3, 0.4) is 0 Å². The molecule has 1 saturated carbocycles. The molecule has 3 nitrogen and oxygen atoms in total. The number of pyridine rings is 1. The average Bonchev–Trinajstić information content (AvgIpc) is 2.83. The molecule has 3 aromatic rings. The fourth-order valence-electron chi connectivity index (χ4n) is 3.65. The van der Waals surface area contributed by atoms with E-state index in [1.807, 2.05) is 6.20 Å². The molecule has 3 heteroatoms. The number of para-hydroxylation sites is 1. The van der Waals surface area contributed by atoms with Gasteiger partial charge in [-0.2, -0.15) is 0 Å². The van der Waals surface area contributed by atoms with Crippen LogP contribution < -0.4 is 5.32 Å². The highest BCUT2D eigenvalue weighted by Gasteiger charge is 2.17. The molecule has 0 radical (unpaired) electrons. The molecule has 4 rings (SSSR count). The van der Waals surface area contributed by atoms with Crippen LogP contribution in [0.25, 0.3) is 21.9 Å². The summed E-state index contributed by atoms with van der Waals surface area (Å²) >= 11 is 0. The van der Waals surface area contributed by atoms with Crippen LogP contribution in [0.1, 0.15) is 32.1 Å². The topological polar surface area (TPSA) is 29.9 Å². The molecule has 1 aliphatic carbocycles. The highest BCUT2D eigenvalue weighted by atomic mass is 15.0. The van der Waals surface area contributed by atoms with Crippen molar-refractivity contribution in [3.8, 4) is 0 Å². The van der Waals surface area contributed by atoms with E-state index in [0.717, 1.165) is 5.65 Å². The van der Waals surface area contributed by atoms with E-state index >= 15 is 0 Å². The molecule has 0 amide bonds. The molecule has 0 saturated heterocycles. The third kappa shape index (κ3) is 2.08. The van der Waals surface area contributed by atoms with E-state index in [0.29, 0.717) is 6.04 Å². The van der Waals surface area contributed by atoms with Crippen LogP contribution in [-0.2, 0) is 7.05 Å². The number of anilines is 1. The fraction of sp³-hybridized carbons (Fsp3) is 0.389. The minimum absolute atomic E-state index is 0.614. The van der Waals surface area contributed by atoms with Gasteiger partial charge in [-0.05, 0) is 25.0 Å². The van der Waals surface area contributed by atoms with Crippen molar-refractivity contribution >= 4 is 27.6 Å². The molecule has 0 spiro atoms. The SMILES string of the molecule is Cn1c2ccccc2c2c(NC3CCCCC3)ccnc21. The van der Waals surface area contributed by atoms with Gasteiger partial charge in [-0.1, -0.05) is 37.5 Å². The van der Waals surface area contributed by atoms with Crippen molar-refractivity contribution in [1.82, 2.24) is 9.55 Å². The molecule has 0 unspecified atom stereocenters. The van der Waals surface area contributed by atoms with Gasteiger partial charge in [0.15, 0.2) is 0 Å². The lowest BCUT2D eigenvalue weighted by molar-refractivity contribution is 0.463. The summed E-state index contributed by atoms with van der Waals surface area (Å²) in [6.45, 7) is 0. The second-order valence-corrected chi connectivity index (χ2v) is 6.11. The fourth-order valence-corrected chi connectivity index (χ4v) is 3.65. The molecule has 1 fully saturated rings. The van der Waals surface area contributed by atoms with E-state index in [1.165, 1.54) is 54.1 Å². The Morgan fingerprint density at radius 1 is 1.10 bits per heavy atom. The molecule has 2 aromatic heterocycles. The number of rotatable bonds is 2. The number of aryl methyl sites for hydroxylation is 1. The first-order chi connectivity index (χ1) is 10.3. The maximum absolute atomic E-state index is 4.59. The zero-order valence-electron chi connectivity index (χ0n) is 12.5. The molecule has 0 aliphatic heterocycles. The van der Waals surface area contributed by atoms with E-state index in [4.69, 9.17) is 0 Å². The molecule has 0 bridgehead atoms. The molecule has 1 aromatic carbocycles. The first kappa shape index (κ1) is 12.7. The van der Waals surface area contributed by atoms with Gasteiger partial charge >= 0.3 is 0 Å². The molecule has 21 heavy (non-hydrogen) atoms. The van der Waals surface area contributed by atoms with Crippen LogP contribution >= 0.6 is 0 Å². The lowest BCUT2D eigenvalue weighted by Gasteiger charge is -2.24. The normalized spacial score (nSPS) is 16.6. The monoisotopic (exact) mass is 279 g/mol. The maximum atomic E-state index is 4.59. The quantitative estimate of drug-likeness (QED) is 0.750. The van der Waals surface area contributed by atoms with Crippen LogP contribution in [0.2, 0.25) is 0 Å². The van der Waals surface area contributed by atoms with Gasteiger partial charge in [0.25, 0.3) is 0 Å². The van der Waals surface area contributed by atoms with E-state index in [9.17, 15) is 0 Å². The molecule has 1 N–H and O–H groups in total. The number of nitrogens with zero attached hydrogens (tertiary/aromatic N) is 2. The lowest BCUT2D eigenvalue weighted by Crippen LogP contribution is -2.22. The Balaban J connectivity index is 1.86. The van der Waals surface area contributed by atoms with Gasteiger partial charge < -0.3 is 9.88 Å². The van der Waals surface area contributed by atoms with Crippen LogP contribution in [0.15, 0.2) is 36.5 Å². The Hall–Kier alpha value is -2.03. The maximum Gasteiger partial charge on any atom is 0.142 e. The van der Waals surface area contributed by atoms with Crippen molar-refractivity contribution in [2.24, 2.45) is 7.05 Å². The summed E-state index contributed by atoms with van der Waals surface area (Å²) in [7, 11) is 2.10. The van der Waals surface area contributed by atoms with Crippen molar-refractivity contribution in [2.75, 3.05) is 5.32 Å². The van der Waals surface area contributed by atoms with Crippen molar-refractivity contribution < 1.29 is 0 Å². The van der Waals surface area contributed by atoms with E-state index in [-0.39, 0.29) is 0 Å². The number of hydrogen-bond acceptors (Lipinski definition) is 2. The van der Waals surface area contributed by atoms with E-state index < -0.39 is 0 Å². The van der Waals surface area contributed by atoms with Crippen molar-refractivity contribution in [1.29, 1.82) is 0 Å². The Morgan fingerprint density at radius 3 is 2.76 bits per heavy atom. The summed E-state index contributed by atoms with van der Waals surface area (Å²) in [4.78, 5) is 4.59. The Kier molecular flexibility index (Phi) is 3.06. The van der Waals surface area contributed by atoms with Gasteiger partial charge in [-0.15, -0.1) is 0 Å². The zero-order chi connectivity index (χ0) is 14.2. The molecule has 108 valence electrons. The Bertz CT molecular complexity index is 782. The summed E-state index contributed by atoms with van der Waals surface area (Å²) in [5.41, 5.74) is 3.55. The average molecular weight is 279 g/mol. The molecular weight excluding hydrogens is 258 g/mol. The third-order valence-electron chi connectivity index (χ3n) is 4.75. The highest BCUT2D eigenvalue weighted by Crippen LogP contribution is 2.33. The van der Waals surface area contributed by atoms with Crippen molar-refractivity contribution in [3.63, 3.8) is 0 Å². The standard InChI is InChI=1S/C18H21N3/c1-21-16-10-6-5-9-14(16)17-15(11-12-19-18(17)21)20-13-7-3-2-4-8-13/h5-6,9-13H,2-4,7-8H2,1H3,(H,19,20). The minimum Gasteiger partial charge on any atom is -0.382 e. The smallest absolute Gasteiger partial charge is 0.142 e. The van der Waals surface area contributed by atoms with Gasteiger partial charge in [-0.3, -0.25) is 0 Å². The van der Waals surface area contributed by atoms with Crippen LogP contribution in [-0.4, -0.2) is 15.6 Å². The largest absolute Gasteiger partial charge is 0.382 e. The van der Waals surface area contributed by atoms with Crippen molar-refractivity contribution in [2.45, 2.75) is 38.1 Å². The summed E-state index contributed by atoms with van der Waals surface area (Å²) in [5, 5.41) is 6.33. The zero-order valence-corrected chi connectivity index (χ0v) is 12.5. The Morgan fingerprint density at radius 2 is 1.90 bits per heavy atom. The second-order valence-electron chi connectivity index (χ2n) is 6.11. The summed E-state index contributed by atoms with van der Waals surface area (Å²) in [5.74, 6) is 0. The van der Waals surface area contributed by atoms with Gasteiger partial charge in [0.05, 0.1) is 5.52 Å². The summed E-state index contributed by atoms with van der Waals surface area (Å²) in [6, 6.07) is 11.3. The number of benzene rings is 1. The first-order valence-electron chi connectivity index (χ1n) is 7.93. The minimum atomic E-state index is 0.614. The van der Waals surface area contributed by atoms with E-state index in [2.05, 4.69) is 52.2 Å².